The van der Waals surface area contributed by atoms with Gasteiger partial charge < -0.3 is 10.4 Å². The second-order valence-electron chi connectivity index (χ2n) is 6.92. The first-order chi connectivity index (χ1) is 12.4. The summed E-state index contributed by atoms with van der Waals surface area (Å²) in [6.45, 7) is 2.16. The predicted octanol–water partition coefficient (Wildman–Crippen LogP) is 3.34. The molecule has 0 aromatic heterocycles. The molecule has 0 radical (unpaired) electrons. The van der Waals surface area contributed by atoms with Gasteiger partial charge in [0.2, 0.25) is 5.91 Å². The molecule has 2 aromatic carbocycles. The van der Waals surface area contributed by atoms with Gasteiger partial charge in [0.1, 0.15) is 25.2 Å². The summed E-state index contributed by atoms with van der Waals surface area (Å²) >= 11 is 3.45. The molecule has 0 spiro atoms. The lowest BCUT2D eigenvalue weighted by Gasteiger charge is -2.39. The quantitative estimate of drug-likeness (QED) is 0.650. The van der Waals surface area contributed by atoms with Crippen molar-refractivity contribution in [3.8, 4) is 0 Å². The van der Waals surface area contributed by atoms with Gasteiger partial charge in [0, 0.05) is 23.4 Å². The van der Waals surface area contributed by atoms with Crippen molar-refractivity contribution >= 4 is 21.8 Å². The maximum absolute atomic E-state index is 11.9. The summed E-state index contributed by atoms with van der Waals surface area (Å²) in [5, 5.41) is 24.5. The summed E-state index contributed by atoms with van der Waals surface area (Å²) < 4.78 is 0.643. The van der Waals surface area contributed by atoms with E-state index < -0.39 is 18.2 Å². The number of carbonyl (C=O) groups excluding carboxylic acids is 1. The number of carbonyl (C=O) groups is 1. The zero-order chi connectivity index (χ0) is 18.7. The van der Waals surface area contributed by atoms with Gasteiger partial charge >= 0.3 is 0 Å². The van der Waals surface area contributed by atoms with E-state index in [2.05, 4.69) is 21.2 Å². The fraction of sp³-hybridized carbons (Fsp3) is 0.350. The van der Waals surface area contributed by atoms with Gasteiger partial charge in [-0.05, 0) is 17.7 Å². The molecule has 26 heavy (non-hydrogen) atoms. The van der Waals surface area contributed by atoms with Crippen LogP contribution in [0.4, 0.5) is 0 Å². The Labute approximate surface area is 161 Å². The molecule has 4 atom stereocenters. The molecule has 2 unspecified atom stereocenters. The molecule has 1 aliphatic heterocycles. The fourth-order valence-electron chi connectivity index (χ4n) is 3.80. The summed E-state index contributed by atoms with van der Waals surface area (Å²) in [6, 6.07) is 16.6. The van der Waals surface area contributed by atoms with Crippen LogP contribution < -0.4 is 5.32 Å². The number of aliphatic hydroxyl groups is 1. The lowest BCUT2D eigenvalue weighted by atomic mass is 9.91. The van der Waals surface area contributed by atoms with Gasteiger partial charge in [0.15, 0.2) is 6.04 Å². The highest BCUT2D eigenvalue weighted by molar-refractivity contribution is 9.10. The summed E-state index contributed by atoms with van der Waals surface area (Å²) in [7, 11) is 0. The van der Waals surface area contributed by atoms with E-state index >= 15 is 0 Å². The molecule has 1 heterocycles. The molecule has 6 heteroatoms. The molecule has 1 saturated heterocycles. The summed E-state index contributed by atoms with van der Waals surface area (Å²) in [6.07, 6.45) is -0.0165. The number of hydrogen-bond donors (Lipinski definition) is 3. The monoisotopic (exact) mass is 419 g/mol. The number of nitrogens with one attached hydrogen (secondary N) is 1. The highest BCUT2D eigenvalue weighted by atomic mass is 79.9. The molecular formula is C20H24BrN2O3+. The van der Waals surface area contributed by atoms with Crippen molar-refractivity contribution < 1.29 is 19.8 Å². The van der Waals surface area contributed by atoms with E-state index in [1.165, 1.54) is 6.92 Å². The summed E-state index contributed by atoms with van der Waals surface area (Å²) in [5.74, 6) is -0.160. The Morgan fingerprint density at radius 3 is 2.35 bits per heavy atom. The molecule has 1 fully saturated rings. The van der Waals surface area contributed by atoms with E-state index in [0.717, 1.165) is 15.6 Å². The fourth-order valence-corrected chi connectivity index (χ4v) is 4.07. The number of quaternary nitrogens is 1. The van der Waals surface area contributed by atoms with E-state index in [1.54, 1.807) is 0 Å². The third-order valence-electron chi connectivity index (χ3n) is 4.94. The van der Waals surface area contributed by atoms with Crippen LogP contribution in [0, 0.1) is 0 Å². The second-order valence-corrected chi connectivity index (χ2v) is 7.84. The van der Waals surface area contributed by atoms with Crippen LogP contribution >= 0.6 is 15.9 Å². The van der Waals surface area contributed by atoms with E-state index in [4.69, 9.17) is 0 Å². The van der Waals surface area contributed by atoms with Crippen molar-refractivity contribution in [2.75, 3.05) is 13.1 Å². The number of rotatable bonds is 5. The van der Waals surface area contributed by atoms with Crippen molar-refractivity contribution in [3.05, 3.63) is 70.2 Å². The first-order valence-electron chi connectivity index (χ1n) is 8.74. The van der Waals surface area contributed by atoms with Crippen LogP contribution in [0.2, 0.25) is 0 Å². The van der Waals surface area contributed by atoms with Gasteiger partial charge in [-0.3, -0.25) is 4.79 Å². The zero-order valence-corrected chi connectivity index (χ0v) is 16.3. The highest BCUT2D eigenvalue weighted by Gasteiger charge is 2.49. The Morgan fingerprint density at radius 2 is 1.81 bits per heavy atom. The zero-order valence-electron chi connectivity index (χ0n) is 14.7. The van der Waals surface area contributed by atoms with E-state index in [9.17, 15) is 15.1 Å². The first-order valence-corrected chi connectivity index (χ1v) is 9.53. The summed E-state index contributed by atoms with van der Waals surface area (Å²) in [4.78, 5) is 11.9. The molecule has 1 amide bonds. The van der Waals surface area contributed by atoms with Crippen LogP contribution in [0.3, 0.4) is 0 Å². The minimum atomic E-state index is -0.549. The molecule has 138 valence electrons. The van der Waals surface area contributed by atoms with Gasteiger partial charge in [-0.15, -0.1) is 0 Å². The molecule has 2 aromatic rings. The van der Waals surface area contributed by atoms with Crippen molar-refractivity contribution in [2.45, 2.75) is 31.5 Å². The van der Waals surface area contributed by atoms with Crippen molar-refractivity contribution in [2.24, 2.45) is 0 Å². The number of benzene rings is 2. The Balaban J connectivity index is 2.10. The smallest absolute Gasteiger partial charge is 0.217 e. The molecule has 5 nitrogen and oxygen atoms in total. The number of halogens is 1. The standard InChI is InChI=1S/C20H23BrN2O3/c1-14(24)22-19(15-5-3-2-4-6-15)20(16-7-9-17(21)10-8-16)23(26)12-11-18(25)13-23/h2-10,18-20,25-26H,11-13H2,1H3/p+1/t18-,19-,20?,23?/m0/s1. The lowest BCUT2D eigenvalue weighted by molar-refractivity contribution is -1.12. The van der Waals surface area contributed by atoms with Gasteiger partial charge in [0.25, 0.3) is 0 Å². The Bertz CT molecular complexity index is 753. The van der Waals surface area contributed by atoms with Crippen molar-refractivity contribution in [3.63, 3.8) is 0 Å². The molecule has 1 aliphatic rings. The minimum Gasteiger partial charge on any atom is -0.387 e. The van der Waals surface area contributed by atoms with Crippen LogP contribution in [0.5, 0.6) is 0 Å². The topological polar surface area (TPSA) is 69.6 Å². The average molecular weight is 420 g/mol. The minimum absolute atomic E-state index is 0.160. The largest absolute Gasteiger partial charge is 0.387 e. The number of hydrogen-bond acceptors (Lipinski definition) is 3. The lowest BCUT2D eigenvalue weighted by Crippen LogP contribution is -2.51. The van der Waals surface area contributed by atoms with E-state index in [1.807, 2.05) is 54.6 Å². The van der Waals surface area contributed by atoms with Gasteiger partial charge in [-0.25, -0.2) is 5.21 Å². The summed E-state index contributed by atoms with van der Waals surface area (Å²) in [5.41, 5.74) is 1.83. The normalized spacial score (nSPS) is 24.8. The second kappa shape index (κ2) is 7.88. The van der Waals surface area contributed by atoms with E-state index in [0.29, 0.717) is 13.0 Å². The Kier molecular flexibility index (Phi) is 5.77. The number of hydroxylamine groups is 3. The molecular weight excluding hydrogens is 396 g/mol. The van der Waals surface area contributed by atoms with Crippen LogP contribution in [0.15, 0.2) is 59.1 Å². The third kappa shape index (κ3) is 4.15. The van der Waals surface area contributed by atoms with Gasteiger partial charge in [0.05, 0.1) is 0 Å². The third-order valence-corrected chi connectivity index (χ3v) is 5.47. The highest BCUT2D eigenvalue weighted by Crippen LogP contribution is 2.41. The van der Waals surface area contributed by atoms with Gasteiger partial charge in [-0.1, -0.05) is 58.4 Å². The van der Waals surface area contributed by atoms with E-state index in [-0.39, 0.29) is 17.1 Å². The molecule has 0 bridgehead atoms. The van der Waals surface area contributed by atoms with Crippen molar-refractivity contribution in [1.29, 1.82) is 0 Å². The Morgan fingerprint density at radius 1 is 1.15 bits per heavy atom. The molecule has 3 rings (SSSR count). The van der Waals surface area contributed by atoms with Crippen molar-refractivity contribution in [1.82, 2.24) is 5.32 Å². The first kappa shape index (κ1) is 19.0. The maximum atomic E-state index is 11.9. The number of amides is 1. The maximum Gasteiger partial charge on any atom is 0.217 e. The number of likely N-dealkylation sites (tertiary alicyclic amines) is 1. The number of nitrogens with zero attached hydrogens (tertiary/aromatic N) is 1. The molecule has 0 aliphatic carbocycles. The Hall–Kier alpha value is -1.73. The van der Waals surface area contributed by atoms with Crippen LogP contribution in [-0.2, 0) is 4.79 Å². The number of aliphatic hydroxyl groups excluding tert-OH is 1. The van der Waals surface area contributed by atoms with Crippen LogP contribution in [-0.4, -0.2) is 40.1 Å². The molecule has 0 saturated carbocycles. The SMILES string of the molecule is CC(=O)N[C@@H](c1ccccc1)C(c1ccc(Br)cc1)[N+]1(O)CC[C@H](O)C1. The van der Waals surface area contributed by atoms with Gasteiger partial charge in [-0.2, -0.15) is 4.65 Å². The molecule has 3 N–H and O–H groups in total. The van der Waals surface area contributed by atoms with Crippen LogP contribution in [0.1, 0.15) is 36.6 Å². The predicted molar refractivity (Wildman–Crippen MR) is 102 cm³/mol. The van der Waals surface area contributed by atoms with Crippen LogP contribution in [0.25, 0.3) is 0 Å². The average Bonchev–Trinajstić information content (AvgIpc) is 2.96.